The maximum absolute atomic E-state index is 11.6. The van der Waals surface area contributed by atoms with Crippen molar-refractivity contribution in [3.63, 3.8) is 0 Å². The van der Waals surface area contributed by atoms with Crippen LogP contribution in [0.25, 0.3) is 0 Å². The number of hydrogen-bond acceptors (Lipinski definition) is 15. The topological polar surface area (TPSA) is 274 Å². The molecular formula is C20H33NO16. The summed E-state index contributed by atoms with van der Waals surface area (Å²) in [5, 5.41) is 93.4. The van der Waals surface area contributed by atoms with Crippen LogP contribution in [0, 0.1) is 0 Å². The van der Waals surface area contributed by atoms with E-state index in [1.165, 1.54) is 6.92 Å². The highest BCUT2D eigenvalue weighted by atomic mass is 16.7. The molecule has 0 aromatic rings. The molecule has 0 aromatic heterocycles. The van der Waals surface area contributed by atoms with E-state index in [4.69, 9.17) is 23.7 Å². The van der Waals surface area contributed by atoms with Crippen LogP contribution in [0.1, 0.15) is 13.8 Å². The maximum atomic E-state index is 11.6. The number of aliphatic hydroxyl groups excluding tert-OH is 8. The third-order valence-electron chi connectivity index (χ3n) is 6.42. The number of ether oxygens (including phenoxy) is 5. The smallest absolute Gasteiger partial charge is 0.335 e. The molecule has 0 saturated carbocycles. The first-order valence-electron chi connectivity index (χ1n) is 11.4. The Morgan fingerprint density at radius 2 is 1.38 bits per heavy atom. The Morgan fingerprint density at radius 3 is 1.95 bits per heavy atom. The summed E-state index contributed by atoms with van der Waals surface area (Å²) in [5.74, 6) is -2.31. The highest BCUT2D eigenvalue weighted by Gasteiger charge is 2.54. The van der Waals surface area contributed by atoms with E-state index >= 15 is 0 Å². The van der Waals surface area contributed by atoms with Crippen molar-refractivity contribution in [3.8, 4) is 0 Å². The van der Waals surface area contributed by atoms with Crippen molar-refractivity contribution in [1.82, 2.24) is 5.32 Å². The van der Waals surface area contributed by atoms with Gasteiger partial charge in [0.25, 0.3) is 0 Å². The summed E-state index contributed by atoms with van der Waals surface area (Å²) >= 11 is 0. The van der Waals surface area contributed by atoms with E-state index in [0.717, 1.165) is 6.92 Å². The van der Waals surface area contributed by atoms with Crippen molar-refractivity contribution in [2.24, 2.45) is 0 Å². The molecule has 214 valence electrons. The number of carboxylic acid groups (broad SMARTS) is 1. The second kappa shape index (κ2) is 12.1. The molecule has 17 heteroatoms. The summed E-state index contributed by atoms with van der Waals surface area (Å²) in [7, 11) is 0. The molecule has 3 aliphatic rings. The van der Waals surface area contributed by atoms with E-state index in [1.54, 1.807) is 0 Å². The molecule has 0 radical (unpaired) electrons. The lowest BCUT2D eigenvalue weighted by Crippen LogP contribution is -2.68. The molecule has 3 fully saturated rings. The Bertz CT molecular complexity index is 802. The van der Waals surface area contributed by atoms with Crippen LogP contribution < -0.4 is 5.32 Å². The fourth-order valence-electron chi connectivity index (χ4n) is 4.38. The van der Waals surface area contributed by atoms with E-state index < -0.39 is 111 Å². The van der Waals surface area contributed by atoms with Gasteiger partial charge in [0.15, 0.2) is 25.0 Å². The van der Waals surface area contributed by atoms with E-state index in [2.05, 4.69) is 5.32 Å². The highest BCUT2D eigenvalue weighted by Crippen LogP contribution is 2.32. The number of carbonyl (C=O) groups excluding carboxylic acids is 1. The Balaban J connectivity index is 1.81. The van der Waals surface area contributed by atoms with Gasteiger partial charge in [-0.15, -0.1) is 0 Å². The van der Waals surface area contributed by atoms with E-state index in [1.807, 2.05) is 0 Å². The number of carboxylic acids is 1. The van der Waals surface area contributed by atoms with Crippen LogP contribution in [0.4, 0.5) is 0 Å². The average molecular weight is 543 g/mol. The summed E-state index contributed by atoms with van der Waals surface area (Å²) in [4.78, 5) is 23.0. The third-order valence-corrected chi connectivity index (χ3v) is 6.42. The first kappa shape index (κ1) is 30.0. The predicted molar refractivity (Wildman–Crippen MR) is 112 cm³/mol. The zero-order chi connectivity index (χ0) is 27.8. The van der Waals surface area contributed by atoms with Gasteiger partial charge >= 0.3 is 5.97 Å². The molecule has 15 atom stereocenters. The molecule has 3 heterocycles. The van der Waals surface area contributed by atoms with Gasteiger partial charge in [-0.3, -0.25) is 4.79 Å². The molecular weight excluding hydrogens is 510 g/mol. The monoisotopic (exact) mass is 543 g/mol. The second-order valence-electron chi connectivity index (χ2n) is 9.09. The molecule has 3 aliphatic heterocycles. The van der Waals surface area contributed by atoms with Crippen molar-refractivity contribution in [1.29, 1.82) is 0 Å². The van der Waals surface area contributed by atoms with Gasteiger partial charge in [-0.1, -0.05) is 0 Å². The van der Waals surface area contributed by atoms with E-state index in [-0.39, 0.29) is 0 Å². The zero-order valence-electron chi connectivity index (χ0n) is 19.8. The predicted octanol–water partition coefficient (Wildman–Crippen LogP) is -6.31. The van der Waals surface area contributed by atoms with Crippen molar-refractivity contribution in [2.75, 3.05) is 6.61 Å². The normalized spacial score (nSPS) is 48.9. The Kier molecular flexibility index (Phi) is 9.78. The van der Waals surface area contributed by atoms with Crippen LogP contribution in [0.2, 0.25) is 0 Å². The number of hydrogen-bond donors (Lipinski definition) is 10. The summed E-state index contributed by atoms with van der Waals surface area (Å²) in [6.45, 7) is 1.72. The largest absolute Gasteiger partial charge is 0.479 e. The number of aliphatic hydroxyl groups is 8. The number of carbonyl (C=O) groups is 2. The molecule has 0 aromatic carbocycles. The van der Waals surface area contributed by atoms with Gasteiger partial charge in [0.1, 0.15) is 61.0 Å². The standard InChI is InChI=1S/C20H33NO16/c1-4-8(24)15(36-19-12(28)10(26)11(27)16(37-19)17(30)31)13(29)20(33-4)35-14-7(21-5(2)23)18(32)34-6(3-22)9(14)25/h4,6-16,18-20,22,24-29,32H,3H2,1-2H3,(H,21,23)(H,30,31)/t4-,6+,7+,8+,9+,10-,11+,12+,13-,14+,15+,16-,18+,19-,20-/m0/s1. The van der Waals surface area contributed by atoms with Crippen LogP contribution in [-0.4, -0.2) is 156 Å². The van der Waals surface area contributed by atoms with Crippen molar-refractivity contribution >= 4 is 11.9 Å². The van der Waals surface area contributed by atoms with Gasteiger partial charge in [-0.05, 0) is 6.92 Å². The molecule has 10 N–H and O–H groups in total. The maximum Gasteiger partial charge on any atom is 0.335 e. The first-order valence-corrected chi connectivity index (χ1v) is 11.4. The molecule has 17 nitrogen and oxygen atoms in total. The molecule has 37 heavy (non-hydrogen) atoms. The fraction of sp³-hybridized carbons (Fsp3) is 0.900. The van der Waals surface area contributed by atoms with Crippen LogP contribution in [-0.2, 0) is 33.3 Å². The Morgan fingerprint density at radius 1 is 0.784 bits per heavy atom. The van der Waals surface area contributed by atoms with Crippen LogP contribution >= 0.6 is 0 Å². The average Bonchev–Trinajstić information content (AvgIpc) is 2.83. The molecule has 3 saturated heterocycles. The lowest BCUT2D eigenvalue weighted by molar-refractivity contribution is -0.367. The SMILES string of the molecule is CC(=O)N[C@@H]1[C@@H](O[C@@H]2O[C@@H](C)[C@@H](O)[C@@H](O[C@H]3O[C@H](C(=O)O)[C@H](O)[C@H](O)[C@H]3O)[C@@H]2O)[C@H](O)[C@@H](CO)O[C@H]1O. The van der Waals surface area contributed by atoms with Gasteiger partial charge in [0, 0.05) is 6.92 Å². The number of aliphatic carboxylic acids is 1. The quantitative estimate of drug-likeness (QED) is 0.143. The second-order valence-corrected chi connectivity index (χ2v) is 9.09. The minimum absolute atomic E-state index is 0.636. The molecule has 0 aliphatic carbocycles. The zero-order valence-corrected chi connectivity index (χ0v) is 19.8. The van der Waals surface area contributed by atoms with Crippen LogP contribution in [0.3, 0.4) is 0 Å². The molecule has 3 rings (SSSR count). The third kappa shape index (κ3) is 6.19. The number of nitrogens with one attached hydrogen (secondary N) is 1. The molecule has 0 spiro atoms. The minimum Gasteiger partial charge on any atom is -0.479 e. The number of amides is 1. The highest BCUT2D eigenvalue weighted by molar-refractivity contribution is 5.73. The molecule has 0 bridgehead atoms. The van der Waals surface area contributed by atoms with Crippen molar-refractivity contribution in [2.45, 2.75) is 106 Å². The van der Waals surface area contributed by atoms with Gasteiger partial charge in [0.2, 0.25) is 5.91 Å². The fourth-order valence-corrected chi connectivity index (χ4v) is 4.38. The minimum atomic E-state index is -2.01. The van der Waals surface area contributed by atoms with Gasteiger partial charge in [-0.25, -0.2) is 4.79 Å². The lowest BCUT2D eigenvalue weighted by atomic mass is 9.95. The van der Waals surface area contributed by atoms with Gasteiger partial charge in [0.05, 0.1) is 12.7 Å². The Labute approximate surface area is 209 Å². The van der Waals surface area contributed by atoms with Gasteiger partial charge in [-0.2, -0.15) is 0 Å². The first-order chi connectivity index (χ1) is 17.3. The van der Waals surface area contributed by atoms with E-state index in [0.29, 0.717) is 0 Å². The van der Waals surface area contributed by atoms with Crippen molar-refractivity contribution < 1.29 is 79.2 Å². The summed E-state index contributed by atoms with van der Waals surface area (Å²) in [5.41, 5.74) is 0. The molecule has 1 amide bonds. The van der Waals surface area contributed by atoms with Crippen LogP contribution in [0.15, 0.2) is 0 Å². The van der Waals surface area contributed by atoms with E-state index in [9.17, 15) is 55.5 Å². The van der Waals surface area contributed by atoms with Crippen molar-refractivity contribution in [3.05, 3.63) is 0 Å². The van der Waals surface area contributed by atoms with Crippen LogP contribution in [0.5, 0.6) is 0 Å². The number of rotatable bonds is 7. The van der Waals surface area contributed by atoms with Gasteiger partial charge < -0.3 is 75.0 Å². The molecule has 0 unspecified atom stereocenters. The summed E-state index contributed by atoms with van der Waals surface area (Å²) < 4.78 is 26.7. The Hall–Kier alpha value is -1.58. The lowest BCUT2D eigenvalue weighted by Gasteiger charge is -2.48. The summed E-state index contributed by atoms with van der Waals surface area (Å²) in [6.07, 6.45) is -24.2. The summed E-state index contributed by atoms with van der Waals surface area (Å²) in [6, 6.07) is -1.39.